The lowest BCUT2D eigenvalue weighted by atomic mass is 10.0. The standard InChI is InChI=1S/C24H27N5O4/c25-14-21(30)20(12-15-6-2-1-3-7-15)28-23(32)17(26)13-22(31)29-24(33)19-11-10-16-8-4-5-9-18(16)27-19/h1-11,17,20-21,30H,12-14,25-26H2,(H,28,32)(H,29,31,33)/t17-,20?,21?/m0/s1. The fourth-order valence-corrected chi connectivity index (χ4v) is 3.33. The smallest absolute Gasteiger partial charge is 0.276 e. The molecule has 0 aliphatic rings. The van der Waals surface area contributed by atoms with E-state index in [1.165, 1.54) is 6.07 Å². The van der Waals surface area contributed by atoms with Gasteiger partial charge in [-0.05, 0) is 24.1 Å². The summed E-state index contributed by atoms with van der Waals surface area (Å²) in [6.45, 7) is -0.0548. The Hall–Kier alpha value is -3.66. The molecule has 0 saturated carbocycles. The van der Waals surface area contributed by atoms with E-state index in [1.54, 1.807) is 18.2 Å². The molecule has 3 aromatic rings. The number of hydrogen-bond acceptors (Lipinski definition) is 7. The van der Waals surface area contributed by atoms with Crippen molar-refractivity contribution in [2.75, 3.05) is 6.54 Å². The van der Waals surface area contributed by atoms with Crippen LogP contribution in [0.15, 0.2) is 66.7 Å². The molecule has 2 aromatic carbocycles. The van der Waals surface area contributed by atoms with Crippen molar-refractivity contribution in [3.8, 4) is 0 Å². The van der Waals surface area contributed by atoms with E-state index < -0.39 is 42.3 Å². The third kappa shape index (κ3) is 6.66. The van der Waals surface area contributed by atoms with Gasteiger partial charge in [0.05, 0.1) is 30.1 Å². The Bertz CT molecular complexity index is 1120. The van der Waals surface area contributed by atoms with Crippen LogP contribution in [0.25, 0.3) is 10.9 Å². The molecular formula is C24H27N5O4. The predicted molar refractivity (Wildman–Crippen MR) is 124 cm³/mol. The highest BCUT2D eigenvalue weighted by Gasteiger charge is 2.25. The molecule has 1 heterocycles. The molecule has 9 heteroatoms. The molecule has 33 heavy (non-hydrogen) atoms. The van der Waals surface area contributed by atoms with E-state index in [4.69, 9.17) is 11.5 Å². The summed E-state index contributed by atoms with van der Waals surface area (Å²) in [4.78, 5) is 41.4. The van der Waals surface area contributed by atoms with E-state index in [0.29, 0.717) is 11.9 Å². The third-order valence-electron chi connectivity index (χ3n) is 5.16. The first-order chi connectivity index (χ1) is 15.9. The number of hydrogen-bond donors (Lipinski definition) is 5. The van der Waals surface area contributed by atoms with Gasteiger partial charge >= 0.3 is 0 Å². The summed E-state index contributed by atoms with van der Waals surface area (Å²) in [5.74, 6) is -2.02. The van der Waals surface area contributed by atoms with E-state index >= 15 is 0 Å². The maximum absolute atomic E-state index is 12.5. The monoisotopic (exact) mass is 449 g/mol. The Balaban J connectivity index is 1.56. The maximum atomic E-state index is 12.5. The van der Waals surface area contributed by atoms with Gasteiger partial charge in [0.1, 0.15) is 5.69 Å². The molecule has 0 bridgehead atoms. The highest BCUT2D eigenvalue weighted by molar-refractivity contribution is 6.05. The summed E-state index contributed by atoms with van der Waals surface area (Å²) in [5, 5.41) is 15.9. The number of aromatic nitrogens is 1. The highest BCUT2D eigenvalue weighted by Crippen LogP contribution is 2.12. The lowest BCUT2D eigenvalue weighted by Gasteiger charge is -2.25. The van der Waals surface area contributed by atoms with Gasteiger partial charge in [0.15, 0.2) is 0 Å². The minimum atomic E-state index is -1.22. The van der Waals surface area contributed by atoms with Gasteiger partial charge in [0.2, 0.25) is 11.8 Å². The molecule has 9 nitrogen and oxygen atoms in total. The summed E-state index contributed by atoms with van der Waals surface area (Å²) < 4.78 is 0. The fraction of sp³-hybridized carbons (Fsp3) is 0.250. The van der Waals surface area contributed by atoms with Crippen LogP contribution >= 0.6 is 0 Å². The van der Waals surface area contributed by atoms with Crippen LogP contribution in [0.2, 0.25) is 0 Å². The Morgan fingerprint density at radius 2 is 1.67 bits per heavy atom. The van der Waals surface area contributed by atoms with Gasteiger partial charge in [0.25, 0.3) is 5.91 Å². The summed E-state index contributed by atoms with van der Waals surface area (Å²) in [6, 6.07) is 17.9. The molecule has 0 radical (unpaired) electrons. The number of nitrogens with one attached hydrogen (secondary N) is 2. The largest absolute Gasteiger partial charge is 0.390 e. The molecule has 0 aliphatic heterocycles. The van der Waals surface area contributed by atoms with Gasteiger partial charge in [-0.2, -0.15) is 0 Å². The number of nitrogens with two attached hydrogens (primary N) is 2. The van der Waals surface area contributed by atoms with Crippen LogP contribution in [0.5, 0.6) is 0 Å². The van der Waals surface area contributed by atoms with Crippen LogP contribution in [0.4, 0.5) is 0 Å². The third-order valence-corrected chi connectivity index (χ3v) is 5.16. The number of aliphatic hydroxyl groups is 1. The van der Waals surface area contributed by atoms with Crippen molar-refractivity contribution in [3.05, 3.63) is 78.0 Å². The van der Waals surface area contributed by atoms with E-state index in [1.807, 2.05) is 42.5 Å². The second-order valence-electron chi connectivity index (χ2n) is 7.68. The van der Waals surface area contributed by atoms with Crippen molar-refractivity contribution in [3.63, 3.8) is 0 Å². The summed E-state index contributed by atoms with van der Waals surface area (Å²) >= 11 is 0. The van der Waals surface area contributed by atoms with Crippen molar-refractivity contribution in [1.29, 1.82) is 0 Å². The predicted octanol–water partition coefficient (Wildman–Crippen LogP) is 0.256. The molecule has 0 aliphatic carbocycles. The molecule has 0 fully saturated rings. The molecule has 0 spiro atoms. The molecule has 172 valence electrons. The van der Waals surface area contributed by atoms with Crippen LogP contribution < -0.4 is 22.1 Å². The van der Waals surface area contributed by atoms with Gasteiger partial charge in [-0.3, -0.25) is 19.7 Å². The van der Waals surface area contributed by atoms with Crippen molar-refractivity contribution in [1.82, 2.24) is 15.6 Å². The minimum absolute atomic E-state index is 0.0548. The Morgan fingerprint density at radius 1 is 0.970 bits per heavy atom. The van der Waals surface area contributed by atoms with Crippen LogP contribution in [0, 0.1) is 0 Å². The molecule has 3 atom stereocenters. The summed E-state index contributed by atoms with van der Waals surface area (Å²) in [7, 11) is 0. The first-order valence-corrected chi connectivity index (χ1v) is 10.6. The number of pyridine rings is 1. The molecule has 1 aromatic heterocycles. The number of carbonyl (C=O) groups excluding carboxylic acids is 3. The van der Waals surface area contributed by atoms with Crippen molar-refractivity contribution in [2.45, 2.75) is 31.0 Å². The molecule has 2 unspecified atom stereocenters. The normalized spacial score (nSPS) is 13.7. The van der Waals surface area contributed by atoms with Crippen LogP contribution in [-0.4, -0.2) is 52.5 Å². The summed E-state index contributed by atoms with van der Waals surface area (Å²) in [6.07, 6.45) is -1.06. The SMILES string of the molecule is NCC(O)C(Cc1ccccc1)NC(=O)[C@@H](N)CC(=O)NC(=O)c1ccc2ccccc2n1. The Labute approximate surface area is 191 Å². The number of carbonyl (C=O) groups is 3. The second-order valence-corrected chi connectivity index (χ2v) is 7.68. The van der Waals surface area contributed by atoms with Crippen molar-refractivity contribution in [2.24, 2.45) is 11.5 Å². The maximum Gasteiger partial charge on any atom is 0.276 e. The highest BCUT2D eigenvalue weighted by atomic mass is 16.3. The van der Waals surface area contributed by atoms with Gasteiger partial charge < -0.3 is 21.9 Å². The van der Waals surface area contributed by atoms with Gasteiger partial charge in [-0.1, -0.05) is 54.6 Å². The average molecular weight is 450 g/mol. The minimum Gasteiger partial charge on any atom is -0.390 e. The lowest BCUT2D eigenvalue weighted by molar-refractivity contribution is -0.128. The van der Waals surface area contributed by atoms with E-state index in [0.717, 1.165) is 10.9 Å². The zero-order valence-corrected chi connectivity index (χ0v) is 18.0. The average Bonchev–Trinajstić information content (AvgIpc) is 2.83. The number of rotatable bonds is 9. The van der Waals surface area contributed by atoms with Crippen molar-refractivity contribution < 1.29 is 19.5 Å². The number of amides is 3. The van der Waals surface area contributed by atoms with Crippen LogP contribution in [0.1, 0.15) is 22.5 Å². The van der Waals surface area contributed by atoms with Gasteiger partial charge in [0, 0.05) is 11.9 Å². The zero-order chi connectivity index (χ0) is 23.8. The van der Waals surface area contributed by atoms with Crippen LogP contribution in [0.3, 0.4) is 0 Å². The number of aliphatic hydroxyl groups excluding tert-OH is 1. The summed E-state index contributed by atoms with van der Waals surface area (Å²) in [5.41, 5.74) is 13.0. The van der Waals surface area contributed by atoms with E-state index in [2.05, 4.69) is 15.6 Å². The van der Waals surface area contributed by atoms with E-state index in [9.17, 15) is 19.5 Å². The first kappa shape index (κ1) is 24.0. The topological polar surface area (TPSA) is 160 Å². The number of para-hydroxylation sites is 1. The Kier molecular flexibility index (Phi) is 8.20. The molecule has 0 saturated heterocycles. The lowest BCUT2D eigenvalue weighted by Crippen LogP contribution is -2.53. The Morgan fingerprint density at radius 3 is 2.39 bits per heavy atom. The first-order valence-electron chi connectivity index (χ1n) is 10.6. The molecule has 3 rings (SSSR count). The van der Waals surface area contributed by atoms with Crippen molar-refractivity contribution >= 4 is 28.6 Å². The number of fused-ring (bicyclic) bond motifs is 1. The quantitative estimate of drug-likeness (QED) is 0.313. The number of nitrogens with zero attached hydrogens (tertiary/aromatic N) is 1. The number of imide groups is 1. The molecule has 7 N–H and O–H groups in total. The fourth-order valence-electron chi connectivity index (χ4n) is 3.33. The van der Waals surface area contributed by atoms with Gasteiger partial charge in [-0.15, -0.1) is 0 Å². The second kappa shape index (κ2) is 11.3. The zero-order valence-electron chi connectivity index (χ0n) is 18.0. The molecule has 3 amide bonds. The van der Waals surface area contributed by atoms with Crippen LogP contribution in [-0.2, 0) is 16.0 Å². The number of benzene rings is 2. The van der Waals surface area contributed by atoms with E-state index in [-0.39, 0.29) is 12.2 Å². The van der Waals surface area contributed by atoms with Gasteiger partial charge in [-0.25, -0.2) is 4.98 Å². The molecular weight excluding hydrogens is 422 g/mol.